The van der Waals surface area contributed by atoms with Crippen molar-refractivity contribution < 1.29 is 9.90 Å². The first-order valence-electron chi connectivity index (χ1n) is 5.66. The van der Waals surface area contributed by atoms with E-state index in [1.54, 1.807) is 0 Å². The summed E-state index contributed by atoms with van der Waals surface area (Å²) in [5, 5.41) is 9.48. The van der Waals surface area contributed by atoms with Crippen molar-refractivity contribution >= 4 is 5.91 Å². The number of β-amino-alcohol motifs (C(OH)–C–C–N with tert-alkyl or cyclic N) is 1. The fourth-order valence-electron chi connectivity index (χ4n) is 2.25. The lowest BCUT2D eigenvalue weighted by Gasteiger charge is -2.19. The second-order valence-electron chi connectivity index (χ2n) is 4.66. The van der Waals surface area contributed by atoms with Crippen LogP contribution < -0.4 is 0 Å². The number of hydrogen-bond donors (Lipinski definition) is 1. The monoisotopic (exact) mass is 197 g/mol. The molecule has 0 aromatic carbocycles. The van der Waals surface area contributed by atoms with Gasteiger partial charge in [0.15, 0.2) is 0 Å². The highest BCUT2D eigenvalue weighted by Gasteiger charge is 2.39. The van der Waals surface area contributed by atoms with E-state index in [0.717, 1.165) is 25.3 Å². The van der Waals surface area contributed by atoms with Gasteiger partial charge in [0.2, 0.25) is 5.91 Å². The number of aliphatic hydroxyl groups is 1. The summed E-state index contributed by atoms with van der Waals surface area (Å²) in [4.78, 5) is 13.4. The highest BCUT2D eigenvalue weighted by atomic mass is 16.3. The molecule has 1 heterocycles. The number of amides is 1. The first kappa shape index (κ1) is 9.97. The van der Waals surface area contributed by atoms with Crippen LogP contribution in [0, 0.1) is 11.8 Å². The number of likely N-dealkylation sites (tertiary alicyclic amines) is 1. The van der Waals surface area contributed by atoms with E-state index in [-0.39, 0.29) is 12.0 Å². The molecule has 14 heavy (non-hydrogen) atoms. The van der Waals surface area contributed by atoms with Crippen molar-refractivity contribution in [3.8, 4) is 0 Å². The lowest BCUT2D eigenvalue weighted by Crippen LogP contribution is -2.33. The minimum Gasteiger partial charge on any atom is -0.391 e. The van der Waals surface area contributed by atoms with Gasteiger partial charge in [0, 0.05) is 19.5 Å². The third-order valence-electron chi connectivity index (χ3n) is 3.44. The van der Waals surface area contributed by atoms with Gasteiger partial charge in [0.05, 0.1) is 6.10 Å². The lowest BCUT2D eigenvalue weighted by molar-refractivity contribution is -0.128. The molecule has 1 aliphatic carbocycles. The number of nitrogens with zero attached hydrogens (tertiary/aromatic N) is 1. The van der Waals surface area contributed by atoms with Crippen LogP contribution in [0.2, 0.25) is 0 Å². The van der Waals surface area contributed by atoms with E-state index in [1.807, 2.05) is 11.8 Å². The van der Waals surface area contributed by atoms with Gasteiger partial charge >= 0.3 is 0 Å². The fourth-order valence-corrected chi connectivity index (χ4v) is 2.25. The van der Waals surface area contributed by atoms with E-state index >= 15 is 0 Å². The van der Waals surface area contributed by atoms with E-state index in [9.17, 15) is 9.90 Å². The van der Waals surface area contributed by atoms with E-state index in [2.05, 4.69) is 0 Å². The SMILES string of the molecule is CCC(O)CN1CC(C2CC2)CC1=O. The highest BCUT2D eigenvalue weighted by molar-refractivity contribution is 5.78. The van der Waals surface area contributed by atoms with Crippen LogP contribution in [0.25, 0.3) is 0 Å². The maximum absolute atomic E-state index is 11.6. The minimum absolute atomic E-state index is 0.245. The molecule has 2 fully saturated rings. The molecule has 80 valence electrons. The third-order valence-corrected chi connectivity index (χ3v) is 3.44. The van der Waals surface area contributed by atoms with Gasteiger partial charge in [-0.1, -0.05) is 6.92 Å². The zero-order chi connectivity index (χ0) is 10.1. The van der Waals surface area contributed by atoms with Crippen LogP contribution in [0.15, 0.2) is 0 Å². The summed E-state index contributed by atoms with van der Waals surface area (Å²) in [6.07, 6.45) is 3.74. The normalized spacial score (nSPS) is 29.7. The summed E-state index contributed by atoms with van der Waals surface area (Å²) in [6, 6.07) is 0. The van der Waals surface area contributed by atoms with Gasteiger partial charge in [0.25, 0.3) is 0 Å². The Morgan fingerprint density at radius 2 is 2.21 bits per heavy atom. The molecule has 1 N–H and O–H groups in total. The van der Waals surface area contributed by atoms with Gasteiger partial charge in [-0.3, -0.25) is 4.79 Å². The molecule has 0 aromatic heterocycles. The Balaban J connectivity index is 1.84. The summed E-state index contributed by atoms with van der Waals surface area (Å²) in [5.41, 5.74) is 0. The van der Waals surface area contributed by atoms with Crippen molar-refractivity contribution in [2.75, 3.05) is 13.1 Å². The first-order valence-corrected chi connectivity index (χ1v) is 5.66. The zero-order valence-corrected chi connectivity index (χ0v) is 8.78. The van der Waals surface area contributed by atoms with Gasteiger partial charge in [0.1, 0.15) is 0 Å². The Morgan fingerprint density at radius 3 is 2.79 bits per heavy atom. The van der Waals surface area contributed by atoms with Crippen LogP contribution in [0.1, 0.15) is 32.6 Å². The van der Waals surface area contributed by atoms with Crippen molar-refractivity contribution in [2.24, 2.45) is 11.8 Å². The number of carbonyl (C=O) groups is 1. The molecule has 3 nitrogen and oxygen atoms in total. The van der Waals surface area contributed by atoms with E-state index < -0.39 is 0 Å². The van der Waals surface area contributed by atoms with Crippen LogP contribution in [0.3, 0.4) is 0 Å². The smallest absolute Gasteiger partial charge is 0.223 e. The van der Waals surface area contributed by atoms with Crippen molar-refractivity contribution in [1.82, 2.24) is 4.90 Å². The Labute approximate surface area is 85.1 Å². The topological polar surface area (TPSA) is 40.5 Å². The maximum Gasteiger partial charge on any atom is 0.223 e. The van der Waals surface area contributed by atoms with Crippen molar-refractivity contribution in [2.45, 2.75) is 38.7 Å². The molecule has 2 unspecified atom stereocenters. The van der Waals surface area contributed by atoms with Gasteiger partial charge in [-0.15, -0.1) is 0 Å². The highest BCUT2D eigenvalue weighted by Crippen LogP contribution is 2.41. The Morgan fingerprint density at radius 1 is 1.50 bits per heavy atom. The number of hydrogen-bond acceptors (Lipinski definition) is 2. The molecular formula is C11H19NO2. The van der Waals surface area contributed by atoms with Crippen molar-refractivity contribution in [3.63, 3.8) is 0 Å². The number of aliphatic hydroxyl groups excluding tert-OH is 1. The lowest BCUT2D eigenvalue weighted by atomic mass is 10.0. The van der Waals surface area contributed by atoms with Gasteiger partial charge in [-0.2, -0.15) is 0 Å². The Kier molecular flexibility index (Phi) is 2.77. The largest absolute Gasteiger partial charge is 0.391 e. The van der Waals surface area contributed by atoms with Gasteiger partial charge < -0.3 is 10.0 Å². The Hall–Kier alpha value is -0.570. The predicted molar refractivity (Wildman–Crippen MR) is 53.7 cm³/mol. The third kappa shape index (κ3) is 2.08. The molecule has 2 atom stereocenters. The molecule has 2 aliphatic rings. The second-order valence-corrected chi connectivity index (χ2v) is 4.66. The van der Waals surface area contributed by atoms with Crippen LogP contribution in [-0.4, -0.2) is 35.1 Å². The average molecular weight is 197 g/mol. The van der Waals surface area contributed by atoms with Crippen LogP contribution >= 0.6 is 0 Å². The van der Waals surface area contributed by atoms with E-state index in [1.165, 1.54) is 12.8 Å². The summed E-state index contributed by atoms with van der Waals surface area (Å²) in [6.45, 7) is 3.38. The molecule has 0 aromatic rings. The quantitative estimate of drug-likeness (QED) is 0.731. The summed E-state index contributed by atoms with van der Waals surface area (Å²) < 4.78 is 0. The molecule has 1 saturated heterocycles. The van der Waals surface area contributed by atoms with Crippen LogP contribution in [-0.2, 0) is 4.79 Å². The first-order chi connectivity index (χ1) is 6.70. The van der Waals surface area contributed by atoms with Gasteiger partial charge in [-0.05, 0) is 31.1 Å². The van der Waals surface area contributed by atoms with Crippen LogP contribution in [0.4, 0.5) is 0 Å². The molecule has 0 radical (unpaired) electrons. The van der Waals surface area contributed by atoms with E-state index in [4.69, 9.17) is 0 Å². The van der Waals surface area contributed by atoms with E-state index in [0.29, 0.717) is 12.5 Å². The second kappa shape index (κ2) is 3.89. The summed E-state index contributed by atoms with van der Waals surface area (Å²) >= 11 is 0. The zero-order valence-electron chi connectivity index (χ0n) is 8.78. The summed E-state index contributed by atoms with van der Waals surface area (Å²) in [7, 11) is 0. The molecule has 1 aliphatic heterocycles. The number of rotatable bonds is 4. The van der Waals surface area contributed by atoms with Crippen LogP contribution in [0.5, 0.6) is 0 Å². The maximum atomic E-state index is 11.6. The summed E-state index contributed by atoms with van der Waals surface area (Å²) in [5.74, 6) is 1.64. The molecule has 1 saturated carbocycles. The molecule has 0 bridgehead atoms. The van der Waals surface area contributed by atoms with Crippen molar-refractivity contribution in [1.29, 1.82) is 0 Å². The molecular weight excluding hydrogens is 178 g/mol. The number of carbonyl (C=O) groups excluding carboxylic acids is 1. The minimum atomic E-state index is -0.336. The Bertz CT molecular complexity index is 225. The molecule has 1 amide bonds. The van der Waals surface area contributed by atoms with Gasteiger partial charge in [-0.25, -0.2) is 0 Å². The fraction of sp³-hybridized carbons (Fsp3) is 0.909. The predicted octanol–water partition coefficient (Wildman–Crippen LogP) is 1.02. The molecule has 0 spiro atoms. The standard InChI is InChI=1S/C11H19NO2/c1-2-10(13)7-12-6-9(5-11(12)14)8-3-4-8/h8-10,13H,2-7H2,1H3. The molecule has 3 heteroatoms. The molecule has 2 rings (SSSR count). The average Bonchev–Trinajstić information content (AvgIpc) is 2.94. The van der Waals surface area contributed by atoms with Crippen molar-refractivity contribution in [3.05, 3.63) is 0 Å².